The van der Waals surface area contributed by atoms with Gasteiger partial charge in [-0.1, -0.05) is 18.7 Å². The van der Waals surface area contributed by atoms with Gasteiger partial charge in [0.15, 0.2) is 0 Å². The smallest absolute Gasteiger partial charge is 0.289 e. The van der Waals surface area contributed by atoms with Crippen LogP contribution in [0.5, 0.6) is 0 Å². The molecule has 0 radical (unpaired) electrons. The molecular weight excluding hydrogens is 402 g/mol. The molecule has 3 rings (SSSR count). The molecule has 2 saturated heterocycles. The van der Waals surface area contributed by atoms with Crippen LogP contribution in [0.3, 0.4) is 0 Å². The van der Waals surface area contributed by atoms with Gasteiger partial charge in [0.05, 0.1) is 10.6 Å². The highest BCUT2D eigenvalue weighted by molar-refractivity contribution is 8.14. The number of carbonyl (C=O) groups excluding carboxylic acids is 3. The molecule has 0 bridgehead atoms. The molecule has 0 spiro atoms. The summed E-state index contributed by atoms with van der Waals surface area (Å²) in [4.78, 5) is 36.7. The Morgan fingerprint density at radius 3 is 2.46 bits per heavy atom. The lowest BCUT2D eigenvalue weighted by Crippen LogP contribution is -2.48. The minimum absolute atomic E-state index is 0.138. The lowest BCUT2D eigenvalue weighted by atomic mass is 10.1. The van der Waals surface area contributed by atoms with Crippen molar-refractivity contribution in [2.24, 2.45) is 0 Å². The molecule has 2 heterocycles. The third-order valence-electron chi connectivity index (χ3n) is 4.97. The number of imide groups is 1. The third-order valence-corrected chi connectivity index (χ3v) is 7.86. The van der Waals surface area contributed by atoms with Crippen LogP contribution >= 0.6 is 11.8 Å². The Kier molecular flexibility index (Phi) is 6.11. The molecular formula is C18H23N3O5S2. The predicted molar refractivity (Wildman–Crippen MR) is 107 cm³/mol. The minimum Gasteiger partial charge on any atom is -0.326 e. The first-order chi connectivity index (χ1) is 13.2. The van der Waals surface area contributed by atoms with E-state index in [9.17, 15) is 22.8 Å². The molecule has 3 amide bonds. The van der Waals surface area contributed by atoms with Gasteiger partial charge in [-0.05, 0) is 43.5 Å². The van der Waals surface area contributed by atoms with Crippen LogP contribution in [-0.2, 0) is 19.6 Å². The van der Waals surface area contributed by atoms with Gasteiger partial charge >= 0.3 is 0 Å². The van der Waals surface area contributed by atoms with E-state index in [4.69, 9.17) is 0 Å². The molecule has 2 aliphatic rings. The Morgan fingerprint density at radius 2 is 1.93 bits per heavy atom. The Morgan fingerprint density at radius 1 is 1.25 bits per heavy atom. The molecule has 0 aromatic heterocycles. The highest BCUT2D eigenvalue weighted by Gasteiger charge is 2.39. The molecule has 152 valence electrons. The van der Waals surface area contributed by atoms with E-state index in [0.29, 0.717) is 30.5 Å². The van der Waals surface area contributed by atoms with Gasteiger partial charge in [-0.15, -0.1) is 0 Å². The maximum absolute atomic E-state index is 13.0. The zero-order chi connectivity index (χ0) is 20.5. The number of piperidine rings is 1. The number of rotatable bonds is 5. The molecule has 10 heteroatoms. The number of sulfonamides is 1. The van der Waals surface area contributed by atoms with Gasteiger partial charge in [-0.2, -0.15) is 4.31 Å². The largest absolute Gasteiger partial charge is 0.326 e. The Balaban J connectivity index is 1.71. The molecule has 1 aromatic carbocycles. The quantitative estimate of drug-likeness (QED) is 0.776. The Hall–Kier alpha value is -1.91. The molecule has 1 N–H and O–H groups in total. The van der Waals surface area contributed by atoms with Crippen molar-refractivity contribution in [3.8, 4) is 0 Å². The third kappa shape index (κ3) is 4.08. The van der Waals surface area contributed by atoms with Crippen molar-refractivity contribution in [2.45, 2.75) is 44.0 Å². The van der Waals surface area contributed by atoms with Crippen LogP contribution in [0.25, 0.3) is 0 Å². The van der Waals surface area contributed by atoms with Crippen LogP contribution in [-0.4, -0.2) is 59.6 Å². The minimum atomic E-state index is -3.69. The standard InChI is InChI=1S/C18H23N3O5S2/c1-3-16(22)19-13-4-5-15(12(2)10-13)28(25,26)20-8-6-14(7-9-20)21-17(23)11-27-18(21)24/h4-5,10,14H,3,6-9,11H2,1-2H3,(H,19,22). The summed E-state index contributed by atoms with van der Waals surface area (Å²) in [5.74, 6) is -0.171. The second-order valence-electron chi connectivity index (χ2n) is 6.84. The number of benzene rings is 1. The van der Waals surface area contributed by atoms with Crippen LogP contribution in [0.4, 0.5) is 10.5 Å². The molecule has 28 heavy (non-hydrogen) atoms. The van der Waals surface area contributed by atoms with E-state index in [0.717, 1.165) is 11.8 Å². The fraction of sp³-hybridized carbons (Fsp3) is 0.500. The summed E-state index contributed by atoms with van der Waals surface area (Å²) in [5, 5.41) is 2.47. The number of thioether (sulfide) groups is 1. The fourth-order valence-corrected chi connectivity index (χ4v) is 5.91. The molecule has 1 aromatic rings. The van der Waals surface area contributed by atoms with Crippen molar-refractivity contribution in [3.05, 3.63) is 23.8 Å². The number of nitrogens with zero attached hydrogens (tertiary/aromatic N) is 2. The van der Waals surface area contributed by atoms with Gasteiger partial charge in [0, 0.05) is 31.2 Å². The first-order valence-corrected chi connectivity index (χ1v) is 11.6. The van der Waals surface area contributed by atoms with Crippen LogP contribution in [0.1, 0.15) is 31.7 Å². The first-order valence-electron chi connectivity index (χ1n) is 9.13. The lowest BCUT2D eigenvalue weighted by molar-refractivity contribution is -0.126. The Bertz CT molecular complexity index is 892. The van der Waals surface area contributed by atoms with Gasteiger partial charge in [0.1, 0.15) is 0 Å². The number of anilines is 1. The van der Waals surface area contributed by atoms with E-state index < -0.39 is 10.0 Å². The second-order valence-corrected chi connectivity index (χ2v) is 9.67. The maximum Gasteiger partial charge on any atom is 0.289 e. The van der Waals surface area contributed by atoms with Crippen molar-refractivity contribution in [2.75, 3.05) is 24.2 Å². The zero-order valence-electron chi connectivity index (χ0n) is 15.8. The van der Waals surface area contributed by atoms with Crippen LogP contribution < -0.4 is 5.32 Å². The normalized spacial score (nSPS) is 19.3. The van der Waals surface area contributed by atoms with Gasteiger partial charge in [-0.3, -0.25) is 19.3 Å². The van der Waals surface area contributed by atoms with Crippen LogP contribution in [0, 0.1) is 6.92 Å². The average Bonchev–Trinajstić information content (AvgIpc) is 3.00. The summed E-state index contributed by atoms with van der Waals surface area (Å²) in [6.45, 7) is 3.94. The molecule has 0 unspecified atom stereocenters. The van der Waals surface area contributed by atoms with Crippen molar-refractivity contribution in [1.82, 2.24) is 9.21 Å². The van der Waals surface area contributed by atoms with Crippen molar-refractivity contribution >= 4 is 44.5 Å². The van der Waals surface area contributed by atoms with Gasteiger partial charge in [0.25, 0.3) is 5.24 Å². The van der Waals surface area contributed by atoms with Gasteiger partial charge in [0.2, 0.25) is 21.8 Å². The van der Waals surface area contributed by atoms with Gasteiger partial charge in [-0.25, -0.2) is 8.42 Å². The zero-order valence-corrected chi connectivity index (χ0v) is 17.4. The number of hydrogen-bond acceptors (Lipinski definition) is 6. The van der Waals surface area contributed by atoms with Crippen molar-refractivity contribution in [3.63, 3.8) is 0 Å². The van der Waals surface area contributed by atoms with Gasteiger partial charge < -0.3 is 5.32 Å². The number of amides is 3. The van der Waals surface area contributed by atoms with E-state index in [1.54, 1.807) is 26.0 Å². The SMILES string of the molecule is CCC(=O)Nc1ccc(S(=O)(=O)N2CCC(N3C(=O)CSC3=O)CC2)c(C)c1. The molecule has 2 aliphatic heterocycles. The monoisotopic (exact) mass is 425 g/mol. The van der Waals surface area contributed by atoms with Crippen molar-refractivity contribution in [1.29, 1.82) is 0 Å². The molecule has 2 fully saturated rings. The lowest BCUT2D eigenvalue weighted by Gasteiger charge is -2.34. The highest BCUT2D eigenvalue weighted by atomic mass is 32.2. The number of nitrogens with one attached hydrogen (secondary N) is 1. The number of hydrogen-bond donors (Lipinski definition) is 1. The maximum atomic E-state index is 13.0. The van der Waals surface area contributed by atoms with E-state index in [1.165, 1.54) is 15.3 Å². The number of aryl methyl sites for hydroxylation is 1. The van der Waals surface area contributed by atoms with E-state index in [1.807, 2.05) is 0 Å². The molecule has 0 atom stereocenters. The van der Waals surface area contributed by atoms with Crippen molar-refractivity contribution < 1.29 is 22.8 Å². The molecule has 0 saturated carbocycles. The fourth-order valence-electron chi connectivity index (χ4n) is 3.46. The number of carbonyl (C=O) groups is 3. The summed E-state index contributed by atoms with van der Waals surface area (Å²) < 4.78 is 27.5. The van der Waals surface area contributed by atoms with E-state index >= 15 is 0 Å². The Labute approximate surface area is 168 Å². The van der Waals surface area contributed by atoms with E-state index in [-0.39, 0.29) is 46.8 Å². The summed E-state index contributed by atoms with van der Waals surface area (Å²) in [6, 6.07) is 4.49. The summed E-state index contributed by atoms with van der Waals surface area (Å²) in [6.07, 6.45) is 1.20. The summed E-state index contributed by atoms with van der Waals surface area (Å²) in [7, 11) is -3.69. The molecule has 8 nitrogen and oxygen atoms in total. The predicted octanol–water partition coefficient (Wildman–Crippen LogP) is 2.19. The first kappa shape index (κ1) is 20.8. The summed E-state index contributed by atoms with van der Waals surface area (Å²) in [5.41, 5.74) is 1.11. The van der Waals surface area contributed by atoms with E-state index in [2.05, 4.69) is 5.32 Å². The van der Waals surface area contributed by atoms with Crippen LogP contribution in [0.2, 0.25) is 0 Å². The summed E-state index contributed by atoms with van der Waals surface area (Å²) >= 11 is 0.995. The highest BCUT2D eigenvalue weighted by Crippen LogP contribution is 2.30. The average molecular weight is 426 g/mol. The second kappa shape index (κ2) is 8.22. The topological polar surface area (TPSA) is 104 Å². The molecule has 0 aliphatic carbocycles. The van der Waals surface area contributed by atoms with Crippen LogP contribution in [0.15, 0.2) is 23.1 Å².